The number of nitriles is 1. The highest BCUT2D eigenvalue weighted by atomic mass is 19.4. The molecule has 174 valence electrons. The SMILES string of the molecule is CC1CN(c2ccc(C#N)c(C(F)(F)F)c2)C(C)CN1C(=O)CN1CCC(C(N)=O)CC1. The van der Waals surface area contributed by atoms with Crippen LogP contribution in [0.2, 0.25) is 0 Å². The van der Waals surface area contributed by atoms with E-state index in [1.165, 1.54) is 12.1 Å². The standard InChI is InChI=1S/C22H28F3N5O2/c1-14-12-30(20(31)13-28-7-5-16(6-8-28)21(27)32)15(2)11-29(14)18-4-3-17(10-26)19(9-18)22(23,24)25/h3-4,9,14-16H,5-8,11-13H2,1-2H3,(H2,27,32). The fourth-order valence-electron chi connectivity index (χ4n) is 4.53. The molecule has 7 nitrogen and oxygen atoms in total. The lowest BCUT2D eigenvalue weighted by Gasteiger charge is -2.46. The minimum absolute atomic E-state index is 0.0302. The van der Waals surface area contributed by atoms with Gasteiger partial charge in [-0.3, -0.25) is 14.5 Å². The van der Waals surface area contributed by atoms with E-state index in [9.17, 15) is 22.8 Å². The predicted molar refractivity (Wildman–Crippen MR) is 113 cm³/mol. The number of piperazine rings is 1. The number of benzene rings is 1. The Morgan fingerprint density at radius 1 is 1.16 bits per heavy atom. The van der Waals surface area contributed by atoms with Gasteiger partial charge in [0.1, 0.15) is 0 Å². The molecule has 3 rings (SSSR count). The lowest BCUT2D eigenvalue weighted by molar-refractivity contribution is -0.138. The highest BCUT2D eigenvalue weighted by Gasteiger charge is 2.37. The number of nitrogens with two attached hydrogens (primary N) is 1. The van der Waals surface area contributed by atoms with E-state index in [2.05, 4.69) is 0 Å². The summed E-state index contributed by atoms with van der Waals surface area (Å²) in [6.07, 6.45) is -3.33. The number of primary amides is 1. The molecule has 2 heterocycles. The summed E-state index contributed by atoms with van der Waals surface area (Å²) in [5.74, 6) is -0.471. The van der Waals surface area contributed by atoms with Gasteiger partial charge in [-0.25, -0.2) is 0 Å². The number of halogens is 3. The maximum Gasteiger partial charge on any atom is 0.417 e. The number of amides is 2. The summed E-state index contributed by atoms with van der Waals surface area (Å²) in [6.45, 7) is 6.04. The zero-order chi connectivity index (χ0) is 23.6. The number of hydrogen-bond donors (Lipinski definition) is 1. The third-order valence-electron chi connectivity index (χ3n) is 6.42. The summed E-state index contributed by atoms with van der Waals surface area (Å²) in [5, 5.41) is 9.01. The van der Waals surface area contributed by atoms with E-state index in [1.807, 2.05) is 23.6 Å². The second-order valence-electron chi connectivity index (χ2n) is 8.69. The van der Waals surface area contributed by atoms with Gasteiger partial charge in [-0.05, 0) is 58.0 Å². The van der Waals surface area contributed by atoms with Crippen LogP contribution in [-0.4, -0.2) is 66.4 Å². The number of likely N-dealkylation sites (tertiary alicyclic amines) is 1. The first-order valence-electron chi connectivity index (χ1n) is 10.7. The Labute approximate surface area is 185 Å². The number of anilines is 1. The van der Waals surface area contributed by atoms with Gasteiger partial charge in [-0.1, -0.05) is 0 Å². The molecule has 2 saturated heterocycles. The molecule has 2 unspecified atom stereocenters. The van der Waals surface area contributed by atoms with E-state index in [0.717, 1.165) is 6.07 Å². The fourth-order valence-corrected chi connectivity index (χ4v) is 4.53. The summed E-state index contributed by atoms with van der Waals surface area (Å²) in [5.41, 5.74) is 4.39. The number of hydrogen-bond acceptors (Lipinski definition) is 5. The van der Waals surface area contributed by atoms with Gasteiger partial charge in [0.05, 0.1) is 23.7 Å². The molecule has 2 amide bonds. The van der Waals surface area contributed by atoms with Crippen molar-refractivity contribution in [3.63, 3.8) is 0 Å². The highest BCUT2D eigenvalue weighted by molar-refractivity contribution is 5.79. The Hall–Kier alpha value is -2.80. The van der Waals surface area contributed by atoms with Crippen molar-refractivity contribution in [3.05, 3.63) is 29.3 Å². The first-order valence-corrected chi connectivity index (χ1v) is 10.7. The lowest BCUT2D eigenvalue weighted by atomic mass is 9.96. The number of alkyl halides is 3. The van der Waals surface area contributed by atoms with Crippen LogP contribution in [0.5, 0.6) is 0 Å². The monoisotopic (exact) mass is 451 g/mol. The summed E-state index contributed by atoms with van der Waals surface area (Å²) >= 11 is 0. The molecule has 2 aliphatic rings. The zero-order valence-corrected chi connectivity index (χ0v) is 18.2. The molecule has 2 N–H and O–H groups in total. The van der Waals surface area contributed by atoms with Crippen LogP contribution in [-0.2, 0) is 15.8 Å². The fraction of sp³-hybridized carbons (Fsp3) is 0.591. The first-order chi connectivity index (χ1) is 15.0. The number of rotatable bonds is 4. The van der Waals surface area contributed by atoms with Crippen molar-refractivity contribution in [2.45, 2.75) is 44.9 Å². The van der Waals surface area contributed by atoms with Gasteiger partial charge in [-0.2, -0.15) is 18.4 Å². The minimum Gasteiger partial charge on any atom is -0.369 e. The zero-order valence-electron chi connectivity index (χ0n) is 18.2. The van der Waals surface area contributed by atoms with Gasteiger partial charge in [0, 0.05) is 36.8 Å². The van der Waals surface area contributed by atoms with E-state index in [-0.39, 0.29) is 36.4 Å². The van der Waals surface area contributed by atoms with E-state index in [0.29, 0.717) is 44.7 Å². The van der Waals surface area contributed by atoms with Crippen molar-refractivity contribution in [2.75, 3.05) is 37.6 Å². The highest BCUT2D eigenvalue weighted by Crippen LogP contribution is 2.35. The smallest absolute Gasteiger partial charge is 0.369 e. The average molecular weight is 451 g/mol. The Balaban J connectivity index is 1.66. The Morgan fingerprint density at radius 3 is 2.38 bits per heavy atom. The molecule has 32 heavy (non-hydrogen) atoms. The van der Waals surface area contributed by atoms with Gasteiger partial charge in [0.2, 0.25) is 11.8 Å². The predicted octanol–water partition coefficient (Wildman–Crippen LogP) is 2.20. The second kappa shape index (κ2) is 9.36. The molecular formula is C22H28F3N5O2. The molecule has 1 aromatic rings. The van der Waals surface area contributed by atoms with Crippen LogP contribution in [0.1, 0.15) is 37.8 Å². The molecular weight excluding hydrogens is 423 g/mol. The molecule has 2 fully saturated rings. The van der Waals surface area contributed by atoms with Gasteiger partial charge < -0.3 is 15.5 Å². The lowest BCUT2D eigenvalue weighted by Crippen LogP contribution is -2.60. The average Bonchev–Trinajstić information content (AvgIpc) is 2.74. The summed E-state index contributed by atoms with van der Waals surface area (Å²) in [6, 6.07) is 4.96. The van der Waals surface area contributed by atoms with Crippen molar-refractivity contribution < 1.29 is 22.8 Å². The molecule has 10 heteroatoms. The topological polar surface area (TPSA) is 93.7 Å². The first kappa shape index (κ1) is 23.9. The minimum atomic E-state index is -4.62. The van der Waals surface area contributed by atoms with Gasteiger partial charge in [0.25, 0.3) is 0 Å². The van der Waals surface area contributed by atoms with Crippen LogP contribution < -0.4 is 10.6 Å². The summed E-state index contributed by atoms with van der Waals surface area (Å²) < 4.78 is 40.1. The number of piperidine rings is 1. The molecule has 2 atom stereocenters. The molecule has 0 radical (unpaired) electrons. The summed E-state index contributed by atoms with van der Waals surface area (Å²) in [4.78, 5) is 29.9. The molecule has 0 saturated carbocycles. The van der Waals surface area contributed by atoms with Crippen molar-refractivity contribution >= 4 is 17.5 Å². The Kier molecular flexibility index (Phi) is 6.98. The van der Waals surface area contributed by atoms with E-state index in [4.69, 9.17) is 11.0 Å². The van der Waals surface area contributed by atoms with Gasteiger partial charge in [0.15, 0.2) is 0 Å². The maximum atomic E-state index is 13.4. The van der Waals surface area contributed by atoms with Gasteiger partial charge >= 0.3 is 6.18 Å². The molecule has 0 aromatic heterocycles. The van der Waals surface area contributed by atoms with Crippen LogP contribution in [0.4, 0.5) is 18.9 Å². The molecule has 0 bridgehead atoms. The Bertz CT molecular complexity index is 906. The van der Waals surface area contributed by atoms with E-state index < -0.39 is 17.3 Å². The quantitative estimate of drug-likeness (QED) is 0.758. The van der Waals surface area contributed by atoms with Crippen LogP contribution in [0, 0.1) is 17.2 Å². The van der Waals surface area contributed by atoms with Crippen molar-refractivity contribution in [1.29, 1.82) is 5.26 Å². The molecule has 0 spiro atoms. The van der Waals surface area contributed by atoms with Crippen molar-refractivity contribution in [3.8, 4) is 6.07 Å². The summed E-state index contributed by atoms with van der Waals surface area (Å²) in [7, 11) is 0. The maximum absolute atomic E-state index is 13.4. The third-order valence-corrected chi connectivity index (χ3v) is 6.42. The van der Waals surface area contributed by atoms with E-state index >= 15 is 0 Å². The van der Waals surface area contributed by atoms with Crippen LogP contribution in [0.3, 0.4) is 0 Å². The van der Waals surface area contributed by atoms with Crippen molar-refractivity contribution in [2.24, 2.45) is 11.7 Å². The molecule has 2 aliphatic heterocycles. The number of carbonyl (C=O) groups is 2. The largest absolute Gasteiger partial charge is 0.417 e. The Morgan fingerprint density at radius 2 is 1.81 bits per heavy atom. The van der Waals surface area contributed by atoms with Gasteiger partial charge in [-0.15, -0.1) is 0 Å². The third kappa shape index (κ3) is 5.15. The van der Waals surface area contributed by atoms with E-state index in [1.54, 1.807) is 11.0 Å². The van der Waals surface area contributed by atoms with Crippen LogP contribution in [0.25, 0.3) is 0 Å². The number of carbonyl (C=O) groups excluding carboxylic acids is 2. The second-order valence-corrected chi connectivity index (χ2v) is 8.69. The van der Waals surface area contributed by atoms with Crippen molar-refractivity contribution in [1.82, 2.24) is 9.80 Å². The normalized spacial score (nSPS) is 23.1. The number of nitrogens with zero attached hydrogens (tertiary/aromatic N) is 4. The van der Waals surface area contributed by atoms with Crippen LogP contribution in [0.15, 0.2) is 18.2 Å². The molecule has 0 aliphatic carbocycles. The van der Waals surface area contributed by atoms with Crippen LogP contribution >= 0.6 is 0 Å². The molecule has 1 aromatic carbocycles.